The number of methoxy groups -OCH3 is 1. The molecule has 4 rings (SSSR count). The zero-order valence-electron chi connectivity index (χ0n) is 13.6. The molecule has 130 valence electrons. The summed E-state index contributed by atoms with van der Waals surface area (Å²) < 4.78 is 6.64. The number of hydrogen-bond acceptors (Lipinski definition) is 6. The number of rotatable bonds is 4. The number of nitrogens with one attached hydrogen (secondary N) is 2. The van der Waals surface area contributed by atoms with Crippen LogP contribution in [0.15, 0.2) is 41.3 Å². The number of primary amides is 1. The number of nitrogens with two attached hydrogens (primary N) is 1. The highest BCUT2D eigenvalue weighted by molar-refractivity contribution is 6.02. The van der Waals surface area contributed by atoms with Crippen LogP contribution < -0.4 is 16.2 Å². The molecule has 0 aliphatic rings. The predicted octanol–water partition coefficient (Wildman–Crippen LogP) is 0.606. The zero-order chi connectivity index (χ0) is 18.3. The molecule has 4 aromatic rings. The molecule has 4 N–H and O–H groups in total. The number of para-hydroxylation sites is 2. The molecule has 0 fully saturated rings. The third kappa shape index (κ3) is 2.32. The maximum atomic E-state index is 12.6. The molecular formula is C16H13N7O3. The number of H-pyrrole nitrogens is 2. The molecular weight excluding hydrogens is 338 g/mol. The fourth-order valence-corrected chi connectivity index (χ4v) is 2.70. The van der Waals surface area contributed by atoms with Crippen LogP contribution in [0, 0.1) is 0 Å². The van der Waals surface area contributed by atoms with E-state index in [2.05, 4.69) is 25.1 Å². The first-order valence-electron chi connectivity index (χ1n) is 7.56. The minimum absolute atomic E-state index is 0.0923. The number of amides is 1. The highest BCUT2D eigenvalue weighted by atomic mass is 16.5. The van der Waals surface area contributed by atoms with Crippen molar-refractivity contribution in [1.29, 1.82) is 0 Å². The van der Waals surface area contributed by atoms with Gasteiger partial charge in [0.2, 0.25) is 0 Å². The summed E-state index contributed by atoms with van der Waals surface area (Å²) >= 11 is 0. The number of carbonyl (C=O) groups is 1. The molecule has 0 radical (unpaired) electrons. The predicted molar refractivity (Wildman–Crippen MR) is 92.1 cm³/mol. The molecule has 3 heterocycles. The van der Waals surface area contributed by atoms with Crippen LogP contribution in [-0.4, -0.2) is 42.7 Å². The van der Waals surface area contributed by atoms with Gasteiger partial charge in [-0.1, -0.05) is 12.1 Å². The molecule has 0 bridgehead atoms. The van der Waals surface area contributed by atoms with Crippen molar-refractivity contribution >= 4 is 17.1 Å². The lowest BCUT2D eigenvalue weighted by atomic mass is 10.2. The SMILES string of the molecule is COc1ccccc1-n1c(=O)[nH]c2c(C(N)=O)nc(-c3ccn[nH]3)nc21. The molecule has 0 atom stereocenters. The minimum atomic E-state index is -0.786. The number of carbonyl (C=O) groups excluding carboxylic acids is 1. The zero-order valence-corrected chi connectivity index (χ0v) is 13.6. The third-order valence-electron chi connectivity index (χ3n) is 3.84. The van der Waals surface area contributed by atoms with E-state index in [1.165, 1.54) is 17.9 Å². The third-order valence-corrected chi connectivity index (χ3v) is 3.84. The van der Waals surface area contributed by atoms with Gasteiger partial charge in [-0.05, 0) is 18.2 Å². The van der Waals surface area contributed by atoms with Gasteiger partial charge in [0.15, 0.2) is 17.2 Å². The number of benzene rings is 1. The Morgan fingerprint density at radius 3 is 2.73 bits per heavy atom. The quantitative estimate of drug-likeness (QED) is 0.491. The Hall–Kier alpha value is -3.95. The summed E-state index contributed by atoms with van der Waals surface area (Å²) in [4.78, 5) is 35.6. The lowest BCUT2D eigenvalue weighted by molar-refractivity contribution is 0.0997. The Kier molecular flexibility index (Phi) is 3.50. The molecule has 0 spiro atoms. The van der Waals surface area contributed by atoms with Crippen molar-refractivity contribution in [3.05, 3.63) is 52.7 Å². The van der Waals surface area contributed by atoms with Gasteiger partial charge in [-0.15, -0.1) is 0 Å². The molecule has 0 aliphatic heterocycles. The fraction of sp³-hybridized carbons (Fsp3) is 0.0625. The van der Waals surface area contributed by atoms with Crippen molar-refractivity contribution in [3.8, 4) is 23.0 Å². The number of aromatic amines is 2. The van der Waals surface area contributed by atoms with E-state index in [4.69, 9.17) is 10.5 Å². The van der Waals surface area contributed by atoms with Crippen LogP contribution in [0.5, 0.6) is 5.75 Å². The molecule has 10 heteroatoms. The second kappa shape index (κ2) is 5.84. The number of nitrogens with zero attached hydrogens (tertiary/aromatic N) is 4. The Balaban J connectivity index is 2.10. The van der Waals surface area contributed by atoms with Gasteiger partial charge in [0.25, 0.3) is 5.91 Å². The van der Waals surface area contributed by atoms with Crippen molar-refractivity contribution in [2.45, 2.75) is 0 Å². The molecule has 0 aliphatic carbocycles. The summed E-state index contributed by atoms with van der Waals surface area (Å²) in [6.45, 7) is 0. The Labute approximate surface area is 145 Å². The molecule has 0 unspecified atom stereocenters. The van der Waals surface area contributed by atoms with Gasteiger partial charge in [0.05, 0.1) is 12.8 Å². The highest BCUT2D eigenvalue weighted by Gasteiger charge is 2.21. The summed E-state index contributed by atoms with van der Waals surface area (Å²) in [5.41, 5.74) is 6.16. The van der Waals surface area contributed by atoms with Crippen LogP contribution in [0.3, 0.4) is 0 Å². The number of hydrogen-bond donors (Lipinski definition) is 3. The van der Waals surface area contributed by atoms with Gasteiger partial charge in [-0.3, -0.25) is 9.89 Å². The van der Waals surface area contributed by atoms with Gasteiger partial charge >= 0.3 is 5.69 Å². The lowest BCUT2D eigenvalue weighted by Crippen LogP contribution is -2.16. The standard InChI is InChI=1S/C16H13N7O3/c1-26-10-5-3-2-4-9(10)23-15-12(20-16(23)25)11(13(17)24)19-14(21-15)8-6-7-18-22-8/h2-7H,1H3,(H2,17,24)(H,18,22)(H,20,25). The Morgan fingerprint density at radius 2 is 2.04 bits per heavy atom. The lowest BCUT2D eigenvalue weighted by Gasteiger charge is -2.09. The first-order valence-corrected chi connectivity index (χ1v) is 7.56. The van der Waals surface area contributed by atoms with Gasteiger partial charge in [0.1, 0.15) is 17.0 Å². The maximum Gasteiger partial charge on any atom is 0.332 e. The molecule has 10 nitrogen and oxygen atoms in total. The number of aromatic nitrogens is 6. The number of ether oxygens (including phenoxy) is 1. The number of imidazole rings is 1. The first kappa shape index (κ1) is 15.6. The average Bonchev–Trinajstić information content (AvgIpc) is 3.27. The van der Waals surface area contributed by atoms with E-state index in [0.29, 0.717) is 17.1 Å². The summed E-state index contributed by atoms with van der Waals surface area (Å²) in [5, 5.41) is 6.57. The van der Waals surface area contributed by atoms with Crippen LogP contribution in [0.4, 0.5) is 0 Å². The monoisotopic (exact) mass is 351 g/mol. The van der Waals surface area contributed by atoms with E-state index in [1.807, 2.05) is 0 Å². The van der Waals surface area contributed by atoms with Crippen molar-refractivity contribution in [1.82, 2.24) is 29.7 Å². The summed E-state index contributed by atoms with van der Waals surface area (Å²) in [6.07, 6.45) is 1.53. The molecule has 0 saturated carbocycles. The van der Waals surface area contributed by atoms with Crippen LogP contribution in [0.1, 0.15) is 10.5 Å². The molecule has 1 aromatic carbocycles. The van der Waals surface area contributed by atoms with E-state index in [-0.39, 0.29) is 22.7 Å². The average molecular weight is 351 g/mol. The van der Waals surface area contributed by atoms with Gasteiger partial charge < -0.3 is 15.5 Å². The van der Waals surface area contributed by atoms with E-state index in [1.54, 1.807) is 30.3 Å². The summed E-state index contributed by atoms with van der Waals surface area (Å²) in [6, 6.07) is 8.60. The van der Waals surface area contributed by atoms with Crippen molar-refractivity contribution in [2.75, 3.05) is 7.11 Å². The van der Waals surface area contributed by atoms with E-state index >= 15 is 0 Å². The fourth-order valence-electron chi connectivity index (χ4n) is 2.70. The van der Waals surface area contributed by atoms with Crippen LogP contribution in [0.25, 0.3) is 28.4 Å². The maximum absolute atomic E-state index is 12.6. The highest BCUT2D eigenvalue weighted by Crippen LogP contribution is 2.25. The van der Waals surface area contributed by atoms with Crippen molar-refractivity contribution in [3.63, 3.8) is 0 Å². The Bertz CT molecular complexity index is 1170. The topological polar surface area (TPSA) is 145 Å². The number of fused-ring (bicyclic) bond motifs is 1. The second-order valence-electron chi connectivity index (χ2n) is 5.37. The smallest absolute Gasteiger partial charge is 0.332 e. The first-order chi connectivity index (χ1) is 12.6. The normalized spacial score (nSPS) is 11.0. The van der Waals surface area contributed by atoms with Crippen LogP contribution >= 0.6 is 0 Å². The van der Waals surface area contributed by atoms with Crippen molar-refractivity contribution in [2.24, 2.45) is 5.73 Å². The summed E-state index contributed by atoms with van der Waals surface area (Å²) in [7, 11) is 1.50. The van der Waals surface area contributed by atoms with E-state index in [0.717, 1.165) is 0 Å². The van der Waals surface area contributed by atoms with Crippen molar-refractivity contribution < 1.29 is 9.53 Å². The molecule has 26 heavy (non-hydrogen) atoms. The molecule has 0 saturated heterocycles. The largest absolute Gasteiger partial charge is 0.495 e. The summed E-state index contributed by atoms with van der Waals surface area (Å²) in [5.74, 6) is -0.129. The molecule has 3 aromatic heterocycles. The van der Waals surface area contributed by atoms with Gasteiger partial charge in [-0.2, -0.15) is 5.10 Å². The molecule has 1 amide bonds. The Morgan fingerprint density at radius 1 is 1.23 bits per heavy atom. The van der Waals surface area contributed by atoms with Gasteiger partial charge in [-0.25, -0.2) is 19.3 Å². The second-order valence-corrected chi connectivity index (χ2v) is 5.37. The minimum Gasteiger partial charge on any atom is -0.495 e. The van der Waals surface area contributed by atoms with Crippen LogP contribution in [0.2, 0.25) is 0 Å². The van der Waals surface area contributed by atoms with E-state index < -0.39 is 11.6 Å². The van der Waals surface area contributed by atoms with Crippen LogP contribution in [-0.2, 0) is 0 Å². The van der Waals surface area contributed by atoms with Gasteiger partial charge in [0, 0.05) is 6.20 Å². The van der Waals surface area contributed by atoms with E-state index in [9.17, 15) is 9.59 Å².